The van der Waals surface area contributed by atoms with E-state index in [9.17, 15) is 8.78 Å². The molecule has 24 heavy (non-hydrogen) atoms. The summed E-state index contributed by atoms with van der Waals surface area (Å²) in [5.74, 6) is 0.379. The summed E-state index contributed by atoms with van der Waals surface area (Å²) < 4.78 is 28.4. The van der Waals surface area contributed by atoms with Crippen LogP contribution in [0.3, 0.4) is 0 Å². The molecule has 0 bridgehead atoms. The third-order valence-corrected chi connectivity index (χ3v) is 5.42. The summed E-state index contributed by atoms with van der Waals surface area (Å²) in [6, 6.07) is 3.99. The Balaban J connectivity index is 1.75. The van der Waals surface area contributed by atoms with E-state index in [4.69, 9.17) is 0 Å². The standard InChI is InChI=1S/C18H21F2N3S/c1-2-10-23-17(14-6-4-3-5-7-14)21-22-18(23)24-12-13-8-9-15(19)16(20)11-13/h2,8-9,11,14H,1,3-7,10,12H2. The quantitative estimate of drug-likeness (QED) is 0.538. The summed E-state index contributed by atoms with van der Waals surface area (Å²) in [5.41, 5.74) is 0.728. The van der Waals surface area contributed by atoms with Gasteiger partial charge in [-0.15, -0.1) is 16.8 Å². The van der Waals surface area contributed by atoms with Gasteiger partial charge in [0.05, 0.1) is 0 Å². The van der Waals surface area contributed by atoms with Crippen LogP contribution in [0.15, 0.2) is 36.0 Å². The molecule has 0 saturated heterocycles. The van der Waals surface area contributed by atoms with Crippen molar-refractivity contribution in [1.82, 2.24) is 14.8 Å². The van der Waals surface area contributed by atoms with Crippen molar-refractivity contribution in [2.45, 2.75) is 55.5 Å². The molecule has 0 aliphatic heterocycles. The van der Waals surface area contributed by atoms with Gasteiger partial charge in [0.2, 0.25) is 0 Å². The van der Waals surface area contributed by atoms with Gasteiger partial charge in [-0.2, -0.15) is 0 Å². The average Bonchev–Trinajstić information content (AvgIpc) is 3.00. The third kappa shape index (κ3) is 3.86. The van der Waals surface area contributed by atoms with Gasteiger partial charge in [-0.3, -0.25) is 0 Å². The summed E-state index contributed by atoms with van der Waals surface area (Å²) >= 11 is 1.49. The smallest absolute Gasteiger partial charge is 0.191 e. The summed E-state index contributed by atoms with van der Waals surface area (Å²) in [6.07, 6.45) is 7.93. The van der Waals surface area contributed by atoms with Gasteiger partial charge >= 0.3 is 0 Å². The summed E-state index contributed by atoms with van der Waals surface area (Å²) in [6.45, 7) is 4.49. The van der Waals surface area contributed by atoms with Crippen LogP contribution in [-0.4, -0.2) is 14.8 Å². The van der Waals surface area contributed by atoms with E-state index in [1.807, 2.05) is 6.08 Å². The number of hydrogen-bond donors (Lipinski definition) is 0. The first kappa shape index (κ1) is 17.1. The van der Waals surface area contributed by atoms with Gasteiger partial charge in [-0.05, 0) is 30.5 Å². The molecule has 0 amide bonds. The minimum atomic E-state index is -0.821. The molecule has 3 nitrogen and oxygen atoms in total. The van der Waals surface area contributed by atoms with E-state index in [1.165, 1.54) is 37.1 Å². The molecule has 0 unspecified atom stereocenters. The number of halogens is 2. The predicted molar refractivity (Wildman–Crippen MR) is 92.0 cm³/mol. The van der Waals surface area contributed by atoms with Crippen LogP contribution < -0.4 is 0 Å². The van der Waals surface area contributed by atoms with Crippen LogP contribution in [0.1, 0.15) is 49.4 Å². The molecule has 0 N–H and O–H groups in total. The number of thioether (sulfide) groups is 1. The SMILES string of the molecule is C=CCn1c(SCc2ccc(F)c(F)c2)nnc1C1CCCCC1. The van der Waals surface area contributed by atoms with Gasteiger partial charge in [0, 0.05) is 18.2 Å². The Morgan fingerprint density at radius 2 is 1.96 bits per heavy atom. The lowest BCUT2D eigenvalue weighted by molar-refractivity contribution is 0.415. The monoisotopic (exact) mass is 349 g/mol. The van der Waals surface area contributed by atoms with Crippen molar-refractivity contribution >= 4 is 11.8 Å². The fourth-order valence-corrected chi connectivity index (χ4v) is 4.05. The van der Waals surface area contributed by atoms with Crippen molar-refractivity contribution in [2.24, 2.45) is 0 Å². The van der Waals surface area contributed by atoms with Gasteiger partial charge in [0.1, 0.15) is 5.82 Å². The topological polar surface area (TPSA) is 30.7 Å². The second-order valence-corrected chi connectivity index (χ2v) is 7.05. The van der Waals surface area contributed by atoms with E-state index in [0.717, 1.165) is 35.5 Å². The molecule has 1 aliphatic carbocycles. The number of benzene rings is 1. The molecule has 6 heteroatoms. The molecule has 128 valence electrons. The molecule has 1 aromatic carbocycles. The van der Waals surface area contributed by atoms with Gasteiger partial charge in [-0.1, -0.05) is 43.2 Å². The second-order valence-electron chi connectivity index (χ2n) is 6.11. The maximum atomic E-state index is 13.3. The lowest BCUT2D eigenvalue weighted by atomic mass is 9.89. The number of allylic oxidation sites excluding steroid dienone is 1. The van der Waals surface area contributed by atoms with Crippen molar-refractivity contribution in [3.8, 4) is 0 Å². The second kappa shape index (κ2) is 7.92. The molecule has 1 saturated carbocycles. The Hall–Kier alpha value is -1.69. The molecular formula is C18H21F2N3S. The average molecular weight is 349 g/mol. The maximum Gasteiger partial charge on any atom is 0.191 e. The molecule has 1 aromatic heterocycles. The van der Waals surface area contributed by atoms with Crippen LogP contribution in [0.5, 0.6) is 0 Å². The first-order valence-corrected chi connectivity index (χ1v) is 9.28. The third-order valence-electron chi connectivity index (χ3n) is 4.38. The highest BCUT2D eigenvalue weighted by atomic mass is 32.2. The van der Waals surface area contributed by atoms with E-state index < -0.39 is 11.6 Å². The van der Waals surface area contributed by atoms with Gasteiger partial charge < -0.3 is 4.57 Å². The van der Waals surface area contributed by atoms with Gasteiger partial charge in [0.15, 0.2) is 16.8 Å². The van der Waals surface area contributed by atoms with Crippen LogP contribution in [0, 0.1) is 11.6 Å². The molecule has 1 heterocycles. The maximum absolute atomic E-state index is 13.3. The van der Waals surface area contributed by atoms with E-state index in [1.54, 1.807) is 6.07 Å². The van der Waals surface area contributed by atoms with Crippen molar-refractivity contribution in [3.05, 3.63) is 53.9 Å². The number of rotatable bonds is 6. The molecular weight excluding hydrogens is 328 g/mol. The zero-order valence-corrected chi connectivity index (χ0v) is 14.4. The largest absolute Gasteiger partial charge is 0.302 e. The minimum Gasteiger partial charge on any atom is -0.302 e. The highest BCUT2D eigenvalue weighted by Gasteiger charge is 2.23. The zero-order valence-electron chi connectivity index (χ0n) is 13.5. The Bertz CT molecular complexity index is 708. The first-order valence-electron chi connectivity index (χ1n) is 8.29. The molecule has 1 fully saturated rings. The highest BCUT2D eigenvalue weighted by molar-refractivity contribution is 7.98. The van der Waals surface area contributed by atoms with Crippen LogP contribution in [0.25, 0.3) is 0 Å². The Morgan fingerprint density at radius 1 is 1.17 bits per heavy atom. The fourth-order valence-electron chi connectivity index (χ4n) is 3.15. The van der Waals surface area contributed by atoms with E-state index in [-0.39, 0.29) is 0 Å². The van der Waals surface area contributed by atoms with Crippen LogP contribution >= 0.6 is 11.8 Å². The Labute approximate surface area is 145 Å². The summed E-state index contributed by atoms with van der Waals surface area (Å²) in [7, 11) is 0. The Kier molecular flexibility index (Phi) is 5.66. The van der Waals surface area contributed by atoms with Crippen LogP contribution in [-0.2, 0) is 12.3 Å². The number of hydrogen-bond acceptors (Lipinski definition) is 3. The van der Waals surface area contributed by atoms with Gasteiger partial charge in [-0.25, -0.2) is 8.78 Å². The van der Waals surface area contributed by atoms with E-state index in [0.29, 0.717) is 18.2 Å². The lowest BCUT2D eigenvalue weighted by Gasteiger charge is -2.21. The number of aromatic nitrogens is 3. The molecule has 0 atom stereocenters. The summed E-state index contributed by atoms with van der Waals surface area (Å²) in [5, 5.41) is 9.54. The van der Waals surface area contributed by atoms with Crippen molar-refractivity contribution < 1.29 is 8.78 Å². The zero-order chi connectivity index (χ0) is 16.9. The Morgan fingerprint density at radius 3 is 2.67 bits per heavy atom. The van der Waals surface area contributed by atoms with Gasteiger partial charge in [0.25, 0.3) is 0 Å². The molecule has 3 rings (SSSR count). The minimum absolute atomic E-state index is 0.462. The first-order chi connectivity index (χ1) is 11.7. The molecule has 0 spiro atoms. The van der Waals surface area contributed by atoms with Crippen LogP contribution in [0.4, 0.5) is 8.78 Å². The van der Waals surface area contributed by atoms with Crippen molar-refractivity contribution in [2.75, 3.05) is 0 Å². The van der Waals surface area contributed by atoms with E-state index >= 15 is 0 Å². The lowest BCUT2D eigenvalue weighted by Crippen LogP contribution is -2.12. The number of nitrogens with zero attached hydrogens (tertiary/aromatic N) is 3. The van der Waals surface area contributed by atoms with E-state index in [2.05, 4.69) is 21.3 Å². The normalized spacial score (nSPS) is 15.6. The van der Waals surface area contributed by atoms with Crippen molar-refractivity contribution in [3.63, 3.8) is 0 Å². The predicted octanol–water partition coefficient (Wildman–Crippen LogP) is 5.08. The van der Waals surface area contributed by atoms with Crippen LogP contribution in [0.2, 0.25) is 0 Å². The van der Waals surface area contributed by atoms with Crippen molar-refractivity contribution in [1.29, 1.82) is 0 Å². The molecule has 1 aliphatic rings. The highest BCUT2D eigenvalue weighted by Crippen LogP contribution is 2.33. The fraction of sp³-hybridized carbons (Fsp3) is 0.444. The summed E-state index contributed by atoms with van der Waals surface area (Å²) in [4.78, 5) is 0. The molecule has 2 aromatic rings. The molecule has 0 radical (unpaired) electrons.